The van der Waals surface area contributed by atoms with Crippen molar-refractivity contribution < 1.29 is 26.4 Å². The highest BCUT2D eigenvalue weighted by molar-refractivity contribution is 7.94. The van der Waals surface area contributed by atoms with E-state index in [1.807, 2.05) is 0 Å². The molecule has 0 radical (unpaired) electrons. The van der Waals surface area contributed by atoms with Crippen molar-refractivity contribution >= 4 is 31.6 Å². The minimum Gasteiger partial charge on any atom is -0.379 e. The third-order valence-corrected chi connectivity index (χ3v) is 7.82. The van der Waals surface area contributed by atoms with Gasteiger partial charge in [-0.15, -0.1) is 0 Å². The summed E-state index contributed by atoms with van der Waals surface area (Å²) in [7, 11) is -7.35. The number of morpholine rings is 1. The summed E-state index contributed by atoms with van der Waals surface area (Å²) in [4.78, 5) is 12.1. The van der Waals surface area contributed by atoms with Gasteiger partial charge in [0.05, 0.1) is 35.5 Å². The van der Waals surface area contributed by atoms with E-state index in [-0.39, 0.29) is 29.4 Å². The van der Waals surface area contributed by atoms with Crippen LogP contribution in [0, 0.1) is 5.92 Å². The van der Waals surface area contributed by atoms with Crippen molar-refractivity contribution in [3.05, 3.63) is 24.3 Å². The molecule has 8 nitrogen and oxygen atoms in total. The standard InChI is InChI=1S/C14H18N2O6S2/c1-11-10-23(18,19)16(14(11)17)12-2-4-13(5-3-12)24(20,21)15-6-8-22-9-7-15/h2-5,11H,6-10H2,1H3. The Morgan fingerprint density at radius 2 is 1.71 bits per heavy atom. The molecule has 1 unspecified atom stereocenters. The Hall–Kier alpha value is -1.49. The van der Waals surface area contributed by atoms with Gasteiger partial charge < -0.3 is 4.74 Å². The molecule has 0 aliphatic carbocycles. The number of amides is 1. The first kappa shape index (κ1) is 17.3. The molecule has 10 heteroatoms. The molecule has 0 aromatic heterocycles. The van der Waals surface area contributed by atoms with Crippen LogP contribution in [0.1, 0.15) is 6.92 Å². The number of carbonyl (C=O) groups is 1. The molecular weight excluding hydrogens is 356 g/mol. The van der Waals surface area contributed by atoms with E-state index in [1.165, 1.54) is 28.6 Å². The number of hydrogen-bond donors (Lipinski definition) is 0. The fourth-order valence-corrected chi connectivity index (χ4v) is 6.00. The van der Waals surface area contributed by atoms with Crippen molar-refractivity contribution in [1.82, 2.24) is 4.31 Å². The summed E-state index contributed by atoms with van der Waals surface area (Å²) in [5.41, 5.74) is 0.158. The highest BCUT2D eigenvalue weighted by atomic mass is 32.2. The Morgan fingerprint density at radius 1 is 1.12 bits per heavy atom. The average molecular weight is 374 g/mol. The Kier molecular flexibility index (Phi) is 4.41. The third-order valence-electron chi connectivity index (χ3n) is 4.04. The van der Waals surface area contributed by atoms with Crippen LogP contribution in [-0.4, -0.2) is 59.1 Å². The average Bonchev–Trinajstić information content (AvgIpc) is 2.76. The van der Waals surface area contributed by atoms with Crippen molar-refractivity contribution in [3.63, 3.8) is 0 Å². The summed E-state index contributed by atoms with van der Waals surface area (Å²) in [6, 6.07) is 5.35. The molecule has 2 fully saturated rings. The zero-order chi connectivity index (χ0) is 17.5. The molecule has 2 saturated heterocycles. The second kappa shape index (κ2) is 6.10. The number of carbonyl (C=O) groups excluding carboxylic acids is 1. The predicted octanol–water partition coefficient (Wildman–Crippen LogP) is 0.0200. The van der Waals surface area contributed by atoms with Crippen LogP contribution in [0.5, 0.6) is 0 Å². The molecule has 2 aliphatic rings. The summed E-state index contributed by atoms with van der Waals surface area (Å²) in [5.74, 6) is -1.34. The SMILES string of the molecule is CC1CS(=O)(=O)N(c2ccc(S(=O)(=O)N3CCOCC3)cc2)C1=O. The molecule has 0 bridgehead atoms. The van der Waals surface area contributed by atoms with Gasteiger partial charge in [0.25, 0.3) is 0 Å². The quantitative estimate of drug-likeness (QED) is 0.739. The molecule has 1 amide bonds. The van der Waals surface area contributed by atoms with Gasteiger partial charge in [0, 0.05) is 13.1 Å². The highest BCUT2D eigenvalue weighted by Gasteiger charge is 2.42. The van der Waals surface area contributed by atoms with Gasteiger partial charge in [-0.1, -0.05) is 6.92 Å². The summed E-state index contributed by atoms with van der Waals surface area (Å²) >= 11 is 0. The number of hydrogen-bond acceptors (Lipinski definition) is 6. The lowest BCUT2D eigenvalue weighted by molar-refractivity contribution is -0.119. The summed E-state index contributed by atoms with van der Waals surface area (Å²) in [6.45, 7) is 2.80. The molecule has 2 aliphatic heterocycles. The van der Waals surface area contributed by atoms with E-state index >= 15 is 0 Å². The van der Waals surface area contributed by atoms with Crippen molar-refractivity contribution in [3.8, 4) is 0 Å². The van der Waals surface area contributed by atoms with E-state index in [9.17, 15) is 21.6 Å². The largest absolute Gasteiger partial charge is 0.379 e. The minimum atomic E-state index is -3.70. The number of sulfonamides is 2. The molecule has 24 heavy (non-hydrogen) atoms. The van der Waals surface area contributed by atoms with Gasteiger partial charge in [0.2, 0.25) is 26.0 Å². The first-order valence-electron chi connectivity index (χ1n) is 7.48. The van der Waals surface area contributed by atoms with Gasteiger partial charge in [0.15, 0.2) is 0 Å². The smallest absolute Gasteiger partial charge is 0.244 e. The Balaban J connectivity index is 1.90. The first-order chi connectivity index (χ1) is 11.2. The third kappa shape index (κ3) is 2.94. The van der Waals surface area contributed by atoms with Crippen molar-refractivity contribution in [2.75, 3.05) is 36.4 Å². The van der Waals surface area contributed by atoms with Crippen LogP contribution in [0.15, 0.2) is 29.2 Å². The fraction of sp³-hybridized carbons (Fsp3) is 0.500. The van der Waals surface area contributed by atoms with Gasteiger partial charge in [-0.2, -0.15) is 4.31 Å². The van der Waals surface area contributed by atoms with Crippen LogP contribution in [0.3, 0.4) is 0 Å². The maximum absolute atomic E-state index is 12.5. The van der Waals surface area contributed by atoms with E-state index in [2.05, 4.69) is 0 Å². The molecule has 0 saturated carbocycles. The second-order valence-corrected chi connectivity index (χ2v) is 9.59. The van der Waals surface area contributed by atoms with E-state index in [0.717, 1.165) is 4.31 Å². The van der Waals surface area contributed by atoms with Gasteiger partial charge in [-0.3, -0.25) is 4.79 Å². The Bertz CT molecular complexity index is 842. The van der Waals surface area contributed by atoms with E-state index < -0.39 is 31.9 Å². The maximum atomic E-state index is 12.5. The molecule has 1 aromatic carbocycles. The van der Waals surface area contributed by atoms with Crippen molar-refractivity contribution in [2.24, 2.45) is 5.92 Å². The highest BCUT2D eigenvalue weighted by Crippen LogP contribution is 2.29. The lowest BCUT2D eigenvalue weighted by atomic mass is 10.2. The fourth-order valence-electron chi connectivity index (χ4n) is 2.78. The maximum Gasteiger partial charge on any atom is 0.244 e. The normalized spacial score (nSPS) is 25.1. The van der Waals surface area contributed by atoms with Crippen LogP contribution < -0.4 is 4.31 Å². The van der Waals surface area contributed by atoms with Crippen LogP contribution in [-0.2, 0) is 29.6 Å². The number of anilines is 1. The topological polar surface area (TPSA) is 101 Å². The molecule has 1 aromatic rings. The molecule has 3 rings (SSSR count). The lowest BCUT2D eigenvalue weighted by Gasteiger charge is -2.26. The summed E-state index contributed by atoms with van der Waals surface area (Å²) in [5, 5.41) is 0. The second-order valence-electron chi connectivity index (χ2n) is 5.79. The molecule has 132 valence electrons. The van der Waals surface area contributed by atoms with Crippen molar-refractivity contribution in [1.29, 1.82) is 0 Å². The molecule has 0 N–H and O–H groups in total. The summed E-state index contributed by atoms with van der Waals surface area (Å²) in [6.07, 6.45) is 0. The van der Waals surface area contributed by atoms with Gasteiger partial charge in [-0.25, -0.2) is 21.1 Å². The number of benzene rings is 1. The zero-order valence-corrected chi connectivity index (χ0v) is 14.7. The molecule has 0 spiro atoms. The summed E-state index contributed by atoms with van der Waals surface area (Å²) < 4.78 is 56.4. The predicted molar refractivity (Wildman–Crippen MR) is 86.5 cm³/mol. The van der Waals surface area contributed by atoms with Gasteiger partial charge in [0.1, 0.15) is 0 Å². The van der Waals surface area contributed by atoms with Gasteiger partial charge in [-0.05, 0) is 24.3 Å². The number of rotatable bonds is 3. The van der Waals surface area contributed by atoms with Gasteiger partial charge >= 0.3 is 0 Å². The van der Waals surface area contributed by atoms with E-state index in [4.69, 9.17) is 4.74 Å². The monoisotopic (exact) mass is 374 g/mol. The molecular formula is C14H18N2O6S2. The molecule has 1 atom stereocenters. The van der Waals surface area contributed by atoms with Crippen LogP contribution in [0.2, 0.25) is 0 Å². The Labute approximate surface area is 141 Å². The van der Waals surface area contributed by atoms with E-state index in [1.54, 1.807) is 6.92 Å². The Morgan fingerprint density at radius 3 is 2.21 bits per heavy atom. The van der Waals surface area contributed by atoms with Crippen LogP contribution in [0.4, 0.5) is 5.69 Å². The van der Waals surface area contributed by atoms with Crippen molar-refractivity contribution in [2.45, 2.75) is 11.8 Å². The lowest BCUT2D eigenvalue weighted by Crippen LogP contribution is -2.40. The van der Waals surface area contributed by atoms with E-state index in [0.29, 0.717) is 13.2 Å². The van der Waals surface area contributed by atoms with Crippen LogP contribution >= 0.6 is 0 Å². The minimum absolute atomic E-state index is 0.0604. The number of nitrogens with zero attached hydrogens (tertiary/aromatic N) is 2. The number of ether oxygens (including phenoxy) is 1. The molecule has 2 heterocycles. The zero-order valence-electron chi connectivity index (χ0n) is 13.1. The van der Waals surface area contributed by atoms with Crippen LogP contribution in [0.25, 0.3) is 0 Å². The first-order valence-corrected chi connectivity index (χ1v) is 10.5.